The maximum Gasteiger partial charge on any atom is 0.326 e. The molecule has 1 amide bonds. The summed E-state index contributed by atoms with van der Waals surface area (Å²) in [5.74, 6) is 0.699. The number of imidazole rings is 1. The number of rotatable bonds is 7. The van der Waals surface area contributed by atoms with Gasteiger partial charge in [-0.1, -0.05) is 12.1 Å². The van der Waals surface area contributed by atoms with Crippen LogP contribution in [-0.4, -0.2) is 35.1 Å². The summed E-state index contributed by atoms with van der Waals surface area (Å²) in [5.41, 5.74) is 2.10. The molecule has 0 unspecified atom stereocenters. The number of methoxy groups -OCH3 is 1. The molecule has 0 bridgehead atoms. The van der Waals surface area contributed by atoms with E-state index >= 15 is 0 Å². The van der Waals surface area contributed by atoms with Crippen LogP contribution in [-0.2, 0) is 22.6 Å². The van der Waals surface area contributed by atoms with Gasteiger partial charge in [0.2, 0.25) is 0 Å². The fraction of sp³-hybridized carbons (Fsp3) is 0.250. The first-order chi connectivity index (χ1) is 13.1. The van der Waals surface area contributed by atoms with E-state index in [4.69, 9.17) is 9.47 Å². The number of para-hydroxylation sites is 2. The zero-order chi connectivity index (χ0) is 19.2. The molecule has 3 rings (SSSR count). The molecule has 0 radical (unpaired) electrons. The molecule has 140 valence electrons. The molecule has 0 aliphatic heterocycles. The van der Waals surface area contributed by atoms with E-state index in [1.165, 1.54) is 0 Å². The molecule has 27 heavy (non-hydrogen) atoms. The van der Waals surface area contributed by atoms with E-state index < -0.39 is 0 Å². The van der Waals surface area contributed by atoms with E-state index in [9.17, 15) is 9.59 Å². The Bertz CT molecular complexity index is 948. The number of hydrogen-bond acceptors (Lipinski definition) is 5. The van der Waals surface area contributed by atoms with Gasteiger partial charge in [0.1, 0.15) is 18.1 Å². The SMILES string of the molecule is CCOC(=O)Cn1c(CNC(=O)c2ccc(OC)cc2)nc2ccccc21. The van der Waals surface area contributed by atoms with E-state index in [0.29, 0.717) is 23.7 Å². The van der Waals surface area contributed by atoms with Crippen LogP contribution in [0.4, 0.5) is 0 Å². The van der Waals surface area contributed by atoms with Gasteiger partial charge >= 0.3 is 5.97 Å². The Morgan fingerprint density at radius 2 is 1.85 bits per heavy atom. The lowest BCUT2D eigenvalue weighted by molar-refractivity contribution is -0.143. The van der Waals surface area contributed by atoms with E-state index in [2.05, 4.69) is 10.3 Å². The minimum atomic E-state index is -0.344. The lowest BCUT2D eigenvalue weighted by Gasteiger charge is -2.10. The number of nitrogens with zero attached hydrogens (tertiary/aromatic N) is 2. The Morgan fingerprint density at radius 1 is 1.11 bits per heavy atom. The minimum absolute atomic E-state index is 0.0437. The Hall–Kier alpha value is -3.35. The first-order valence-corrected chi connectivity index (χ1v) is 8.64. The number of amides is 1. The molecule has 7 heteroatoms. The van der Waals surface area contributed by atoms with Gasteiger partial charge in [0.25, 0.3) is 5.91 Å². The van der Waals surface area contributed by atoms with Gasteiger partial charge in [-0.25, -0.2) is 4.98 Å². The summed E-state index contributed by atoms with van der Waals surface area (Å²) in [6, 6.07) is 14.3. The van der Waals surface area contributed by atoms with Crippen LogP contribution < -0.4 is 10.1 Å². The molecular weight excluding hydrogens is 346 g/mol. The maximum absolute atomic E-state index is 12.4. The lowest BCUT2D eigenvalue weighted by atomic mass is 10.2. The normalized spacial score (nSPS) is 10.6. The molecule has 3 aromatic rings. The van der Waals surface area contributed by atoms with Crippen LogP contribution in [0.2, 0.25) is 0 Å². The summed E-state index contributed by atoms with van der Waals surface area (Å²) in [6.45, 7) is 2.32. The lowest BCUT2D eigenvalue weighted by Crippen LogP contribution is -2.25. The molecule has 1 aromatic heterocycles. The van der Waals surface area contributed by atoms with E-state index in [0.717, 1.165) is 11.0 Å². The van der Waals surface area contributed by atoms with Crippen molar-refractivity contribution in [3.05, 3.63) is 59.9 Å². The third kappa shape index (κ3) is 4.25. The van der Waals surface area contributed by atoms with Crippen molar-refractivity contribution < 1.29 is 19.1 Å². The van der Waals surface area contributed by atoms with Crippen molar-refractivity contribution in [2.75, 3.05) is 13.7 Å². The Balaban J connectivity index is 1.78. The van der Waals surface area contributed by atoms with Gasteiger partial charge in [0.05, 0.1) is 31.3 Å². The Labute approximate surface area is 156 Å². The number of esters is 1. The number of carbonyl (C=O) groups is 2. The summed E-state index contributed by atoms with van der Waals surface area (Å²) in [7, 11) is 1.57. The van der Waals surface area contributed by atoms with Gasteiger partial charge < -0.3 is 19.4 Å². The van der Waals surface area contributed by atoms with Crippen LogP contribution in [0.25, 0.3) is 11.0 Å². The molecule has 0 atom stereocenters. The Morgan fingerprint density at radius 3 is 2.56 bits per heavy atom. The van der Waals surface area contributed by atoms with Crippen LogP contribution in [0.5, 0.6) is 5.75 Å². The van der Waals surface area contributed by atoms with Crippen molar-refractivity contribution in [1.82, 2.24) is 14.9 Å². The number of hydrogen-bond donors (Lipinski definition) is 1. The third-order valence-electron chi connectivity index (χ3n) is 4.09. The zero-order valence-corrected chi connectivity index (χ0v) is 15.3. The summed E-state index contributed by atoms with van der Waals surface area (Å²) in [4.78, 5) is 28.9. The average Bonchev–Trinajstić information content (AvgIpc) is 3.04. The number of aromatic nitrogens is 2. The summed E-state index contributed by atoms with van der Waals surface area (Å²) in [5, 5.41) is 2.84. The fourth-order valence-electron chi connectivity index (χ4n) is 2.78. The quantitative estimate of drug-likeness (QED) is 0.649. The second-order valence-corrected chi connectivity index (χ2v) is 5.82. The molecule has 2 aromatic carbocycles. The molecule has 1 heterocycles. The van der Waals surface area contributed by atoms with Gasteiger partial charge in [-0.3, -0.25) is 9.59 Å². The third-order valence-corrected chi connectivity index (χ3v) is 4.09. The van der Waals surface area contributed by atoms with Crippen molar-refractivity contribution in [3.8, 4) is 5.75 Å². The Kier molecular flexibility index (Phi) is 5.71. The van der Waals surface area contributed by atoms with Gasteiger partial charge in [-0.2, -0.15) is 0 Å². The molecule has 0 saturated heterocycles. The highest BCUT2D eigenvalue weighted by atomic mass is 16.5. The fourth-order valence-corrected chi connectivity index (χ4v) is 2.78. The van der Waals surface area contributed by atoms with Gasteiger partial charge in [0, 0.05) is 5.56 Å². The second-order valence-electron chi connectivity index (χ2n) is 5.82. The highest BCUT2D eigenvalue weighted by Crippen LogP contribution is 2.17. The molecule has 0 fully saturated rings. The van der Waals surface area contributed by atoms with Crippen LogP contribution in [0.1, 0.15) is 23.1 Å². The monoisotopic (exact) mass is 367 g/mol. The van der Waals surface area contributed by atoms with Crippen LogP contribution in [0.15, 0.2) is 48.5 Å². The van der Waals surface area contributed by atoms with Crippen LogP contribution >= 0.6 is 0 Å². The zero-order valence-electron chi connectivity index (χ0n) is 15.3. The van der Waals surface area contributed by atoms with E-state index in [1.807, 2.05) is 24.3 Å². The highest BCUT2D eigenvalue weighted by Gasteiger charge is 2.15. The molecule has 1 N–H and O–H groups in total. The topological polar surface area (TPSA) is 82.5 Å². The molecular formula is C20H21N3O4. The van der Waals surface area contributed by atoms with Gasteiger partial charge in [0.15, 0.2) is 0 Å². The van der Waals surface area contributed by atoms with Gasteiger partial charge in [-0.15, -0.1) is 0 Å². The van der Waals surface area contributed by atoms with E-state index in [-0.39, 0.29) is 25.0 Å². The minimum Gasteiger partial charge on any atom is -0.497 e. The molecule has 0 aliphatic carbocycles. The van der Waals surface area contributed by atoms with E-state index in [1.54, 1.807) is 42.9 Å². The number of carbonyl (C=O) groups excluding carboxylic acids is 2. The largest absolute Gasteiger partial charge is 0.497 e. The first kappa shape index (κ1) is 18.4. The predicted octanol–water partition coefficient (Wildman–Crippen LogP) is 2.54. The summed E-state index contributed by atoms with van der Waals surface area (Å²) in [6.07, 6.45) is 0. The average molecular weight is 367 g/mol. The number of fused-ring (bicyclic) bond motifs is 1. The first-order valence-electron chi connectivity index (χ1n) is 8.64. The molecule has 0 saturated carbocycles. The van der Waals surface area contributed by atoms with Crippen molar-refractivity contribution in [3.63, 3.8) is 0 Å². The summed E-state index contributed by atoms with van der Waals surface area (Å²) >= 11 is 0. The molecule has 7 nitrogen and oxygen atoms in total. The smallest absolute Gasteiger partial charge is 0.326 e. The number of benzene rings is 2. The summed E-state index contributed by atoms with van der Waals surface area (Å²) < 4.78 is 11.9. The van der Waals surface area contributed by atoms with Crippen LogP contribution in [0, 0.1) is 0 Å². The van der Waals surface area contributed by atoms with Crippen molar-refractivity contribution in [2.45, 2.75) is 20.0 Å². The van der Waals surface area contributed by atoms with Gasteiger partial charge in [-0.05, 0) is 43.3 Å². The van der Waals surface area contributed by atoms with Crippen molar-refractivity contribution in [2.24, 2.45) is 0 Å². The number of ether oxygens (including phenoxy) is 2. The predicted molar refractivity (Wildman–Crippen MR) is 101 cm³/mol. The highest BCUT2D eigenvalue weighted by molar-refractivity contribution is 5.94. The molecule has 0 aliphatic rings. The van der Waals surface area contributed by atoms with Crippen molar-refractivity contribution in [1.29, 1.82) is 0 Å². The molecule has 0 spiro atoms. The standard InChI is InChI=1S/C20H21N3O4/c1-3-27-19(24)13-23-17-7-5-4-6-16(17)22-18(23)12-21-20(25)14-8-10-15(26-2)11-9-14/h4-11H,3,12-13H2,1-2H3,(H,21,25). The maximum atomic E-state index is 12.4. The van der Waals surface area contributed by atoms with Crippen LogP contribution in [0.3, 0.4) is 0 Å². The number of nitrogens with one attached hydrogen (secondary N) is 1. The second kappa shape index (κ2) is 8.35. The van der Waals surface area contributed by atoms with Crippen molar-refractivity contribution >= 4 is 22.9 Å².